The van der Waals surface area contributed by atoms with Crippen molar-refractivity contribution in [2.45, 2.75) is 31.6 Å². The molecule has 8 nitrogen and oxygen atoms in total. The summed E-state index contributed by atoms with van der Waals surface area (Å²) in [6.45, 7) is 8.39. The Balaban J connectivity index is 1.45. The standard InChI is InChI=1S/C24H34N4O4S/c1-4-24(29)26-20-10-11-23(19(2)18-20)33(30,31)25-12-7-13-27-14-16-28(17-15-27)21-8-5-6-9-22(21)32-3/h5-6,8-11,18,25H,4,7,12-17H2,1-3H3,(H,26,29). The van der Waals surface area contributed by atoms with Gasteiger partial charge in [-0.2, -0.15) is 0 Å². The number of amides is 1. The molecule has 0 bridgehead atoms. The molecule has 1 saturated heterocycles. The van der Waals surface area contributed by atoms with Crippen LogP contribution in [0.15, 0.2) is 47.4 Å². The Labute approximate surface area is 197 Å². The van der Waals surface area contributed by atoms with Crippen LogP contribution in [-0.2, 0) is 14.8 Å². The van der Waals surface area contributed by atoms with Gasteiger partial charge >= 0.3 is 0 Å². The van der Waals surface area contributed by atoms with Gasteiger partial charge in [0.2, 0.25) is 15.9 Å². The Bertz CT molecular complexity index is 1050. The van der Waals surface area contributed by atoms with Crippen LogP contribution in [0.2, 0.25) is 0 Å². The maximum absolute atomic E-state index is 12.7. The highest BCUT2D eigenvalue weighted by atomic mass is 32.2. The van der Waals surface area contributed by atoms with Crippen LogP contribution in [0.1, 0.15) is 25.3 Å². The average molecular weight is 475 g/mol. The van der Waals surface area contributed by atoms with Gasteiger partial charge in [-0.1, -0.05) is 19.1 Å². The van der Waals surface area contributed by atoms with E-state index in [9.17, 15) is 13.2 Å². The Hall–Kier alpha value is -2.62. The fourth-order valence-corrected chi connectivity index (χ4v) is 5.27. The van der Waals surface area contributed by atoms with E-state index < -0.39 is 10.0 Å². The van der Waals surface area contributed by atoms with E-state index in [0.29, 0.717) is 24.2 Å². The zero-order chi connectivity index (χ0) is 23.8. The number of benzene rings is 2. The number of anilines is 2. The molecule has 0 aliphatic carbocycles. The van der Waals surface area contributed by atoms with Gasteiger partial charge in [0.25, 0.3) is 0 Å². The van der Waals surface area contributed by atoms with Crippen LogP contribution in [0.25, 0.3) is 0 Å². The summed E-state index contributed by atoms with van der Waals surface area (Å²) >= 11 is 0. The van der Waals surface area contributed by atoms with Crippen molar-refractivity contribution in [2.24, 2.45) is 0 Å². The first-order valence-corrected chi connectivity index (χ1v) is 12.8. The predicted octanol–water partition coefficient (Wildman–Crippen LogP) is 2.84. The van der Waals surface area contributed by atoms with Crippen LogP contribution in [0, 0.1) is 6.92 Å². The lowest BCUT2D eigenvalue weighted by Gasteiger charge is -2.36. The molecule has 33 heavy (non-hydrogen) atoms. The molecule has 0 spiro atoms. The molecule has 0 atom stereocenters. The lowest BCUT2D eigenvalue weighted by atomic mass is 10.2. The number of nitrogens with one attached hydrogen (secondary N) is 2. The molecular formula is C24H34N4O4S. The lowest BCUT2D eigenvalue weighted by Crippen LogP contribution is -2.47. The van der Waals surface area contributed by atoms with Gasteiger partial charge in [-0.15, -0.1) is 0 Å². The zero-order valence-electron chi connectivity index (χ0n) is 19.6. The number of hydrogen-bond acceptors (Lipinski definition) is 6. The summed E-state index contributed by atoms with van der Waals surface area (Å²) in [4.78, 5) is 16.5. The second-order valence-corrected chi connectivity index (χ2v) is 9.87. The van der Waals surface area contributed by atoms with Crippen molar-refractivity contribution in [3.8, 4) is 5.75 Å². The van der Waals surface area contributed by atoms with E-state index in [1.54, 1.807) is 39.2 Å². The van der Waals surface area contributed by atoms with Crippen molar-refractivity contribution < 1.29 is 17.9 Å². The number of hydrogen-bond donors (Lipinski definition) is 2. The first kappa shape index (κ1) is 25.0. The van der Waals surface area contributed by atoms with Gasteiger partial charge in [0, 0.05) is 44.8 Å². The minimum Gasteiger partial charge on any atom is -0.495 e. The van der Waals surface area contributed by atoms with Gasteiger partial charge in [0.15, 0.2) is 0 Å². The zero-order valence-corrected chi connectivity index (χ0v) is 20.5. The number of para-hydroxylation sites is 2. The second kappa shape index (κ2) is 11.5. The van der Waals surface area contributed by atoms with Crippen LogP contribution in [0.3, 0.4) is 0 Å². The van der Waals surface area contributed by atoms with Gasteiger partial charge in [0.05, 0.1) is 17.7 Å². The highest BCUT2D eigenvalue weighted by molar-refractivity contribution is 7.89. The largest absolute Gasteiger partial charge is 0.495 e. The number of aryl methyl sites for hydroxylation is 1. The minimum absolute atomic E-state index is 0.105. The second-order valence-electron chi connectivity index (χ2n) is 8.13. The summed E-state index contributed by atoms with van der Waals surface area (Å²) in [5.74, 6) is 0.781. The quantitative estimate of drug-likeness (QED) is 0.515. The topological polar surface area (TPSA) is 91.0 Å². The summed E-state index contributed by atoms with van der Waals surface area (Å²) in [5, 5.41) is 2.75. The number of nitrogens with zero attached hydrogens (tertiary/aromatic N) is 2. The number of rotatable bonds is 10. The van der Waals surface area contributed by atoms with Crippen molar-refractivity contribution in [3.63, 3.8) is 0 Å². The number of methoxy groups -OCH3 is 1. The van der Waals surface area contributed by atoms with Crippen LogP contribution < -0.4 is 19.7 Å². The van der Waals surface area contributed by atoms with Crippen molar-refractivity contribution >= 4 is 27.3 Å². The monoisotopic (exact) mass is 474 g/mol. The van der Waals surface area contributed by atoms with Crippen LogP contribution in [-0.4, -0.2) is 65.6 Å². The van der Waals surface area contributed by atoms with E-state index >= 15 is 0 Å². The third kappa shape index (κ3) is 6.69. The van der Waals surface area contributed by atoms with Gasteiger partial charge in [-0.05, 0) is 55.8 Å². The number of carbonyl (C=O) groups is 1. The fraction of sp³-hybridized carbons (Fsp3) is 0.458. The molecule has 1 fully saturated rings. The number of piperazine rings is 1. The smallest absolute Gasteiger partial charge is 0.240 e. The van der Waals surface area contributed by atoms with Crippen molar-refractivity contribution in [3.05, 3.63) is 48.0 Å². The Morgan fingerprint density at radius 1 is 1.09 bits per heavy atom. The Morgan fingerprint density at radius 3 is 2.48 bits per heavy atom. The first-order chi connectivity index (χ1) is 15.8. The third-order valence-corrected chi connectivity index (χ3v) is 7.43. The summed E-state index contributed by atoms with van der Waals surface area (Å²) in [6, 6.07) is 12.9. The molecule has 2 N–H and O–H groups in total. The molecule has 0 aromatic heterocycles. The summed E-state index contributed by atoms with van der Waals surface area (Å²) < 4.78 is 33.6. The highest BCUT2D eigenvalue weighted by Gasteiger charge is 2.20. The SMILES string of the molecule is CCC(=O)Nc1ccc(S(=O)(=O)NCCCN2CCN(c3ccccc3OC)CC2)c(C)c1. The van der Waals surface area contributed by atoms with Gasteiger partial charge in [-0.3, -0.25) is 9.69 Å². The normalized spacial score (nSPS) is 14.8. The molecule has 1 amide bonds. The highest BCUT2D eigenvalue weighted by Crippen LogP contribution is 2.28. The van der Waals surface area contributed by atoms with Crippen LogP contribution in [0.5, 0.6) is 5.75 Å². The van der Waals surface area contributed by atoms with E-state index in [0.717, 1.165) is 50.6 Å². The number of sulfonamides is 1. The molecule has 9 heteroatoms. The summed E-state index contributed by atoms with van der Waals surface area (Å²) in [5.41, 5.74) is 2.32. The van der Waals surface area contributed by atoms with Crippen LogP contribution >= 0.6 is 0 Å². The molecular weight excluding hydrogens is 440 g/mol. The Kier molecular flexibility index (Phi) is 8.71. The van der Waals surface area contributed by atoms with E-state index in [2.05, 4.69) is 25.9 Å². The van der Waals surface area contributed by atoms with Gasteiger partial charge in [-0.25, -0.2) is 13.1 Å². The number of ether oxygens (including phenoxy) is 1. The molecule has 1 aliphatic rings. The average Bonchev–Trinajstić information content (AvgIpc) is 2.82. The molecule has 3 rings (SSSR count). The molecule has 0 saturated carbocycles. The molecule has 2 aromatic rings. The fourth-order valence-electron chi connectivity index (χ4n) is 3.97. The van der Waals surface area contributed by atoms with Gasteiger partial charge in [0.1, 0.15) is 5.75 Å². The van der Waals surface area contributed by atoms with E-state index in [-0.39, 0.29) is 10.8 Å². The molecule has 0 unspecified atom stereocenters. The maximum Gasteiger partial charge on any atom is 0.240 e. The van der Waals surface area contributed by atoms with E-state index in [4.69, 9.17) is 4.74 Å². The molecule has 1 heterocycles. The molecule has 0 radical (unpaired) electrons. The summed E-state index contributed by atoms with van der Waals surface area (Å²) in [6.07, 6.45) is 1.10. The Morgan fingerprint density at radius 2 is 1.82 bits per heavy atom. The van der Waals surface area contributed by atoms with E-state index in [1.165, 1.54) is 0 Å². The number of carbonyl (C=O) groups excluding carboxylic acids is 1. The molecule has 180 valence electrons. The van der Waals surface area contributed by atoms with Gasteiger partial charge < -0.3 is 15.0 Å². The predicted molar refractivity (Wildman–Crippen MR) is 132 cm³/mol. The maximum atomic E-state index is 12.7. The van der Waals surface area contributed by atoms with Crippen molar-refractivity contribution in [2.75, 3.05) is 56.6 Å². The van der Waals surface area contributed by atoms with E-state index in [1.807, 2.05) is 18.2 Å². The molecule has 1 aliphatic heterocycles. The first-order valence-electron chi connectivity index (χ1n) is 11.3. The van der Waals surface area contributed by atoms with Crippen LogP contribution in [0.4, 0.5) is 11.4 Å². The molecule has 2 aromatic carbocycles. The van der Waals surface area contributed by atoms with Crippen molar-refractivity contribution in [1.82, 2.24) is 9.62 Å². The minimum atomic E-state index is -3.60. The lowest BCUT2D eigenvalue weighted by molar-refractivity contribution is -0.115. The summed E-state index contributed by atoms with van der Waals surface area (Å²) in [7, 11) is -1.91. The van der Waals surface area contributed by atoms with Crippen molar-refractivity contribution in [1.29, 1.82) is 0 Å². The third-order valence-electron chi connectivity index (χ3n) is 5.81.